The van der Waals surface area contributed by atoms with E-state index in [9.17, 15) is 19.5 Å². The molecule has 30 heavy (non-hydrogen) atoms. The number of aliphatic hydroxyl groups is 1. The first kappa shape index (κ1) is 21.5. The molecule has 1 saturated heterocycles. The third kappa shape index (κ3) is 4.52. The molecule has 0 amide bonds. The van der Waals surface area contributed by atoms with Crippen molar-refractivity contribution in [2.24, 2.45) is 5.92 Å². The lowest BCUT2D eigenvalue weighted by Crippen LogP contribution is -2.39. The number of carbonyl (C=O) groups excluding carboxylic acids is 3. The quantitative estimate of drug-likeness (QED) is 0.602. The van der Waals surface area contributed by atoms with E-state index in [2.05, 4.69) is 6.58 Å². The summed E-state index contributed by atoms with van der Waals surface area (Å²) in [5.41, 5.74) is -0.697. The monoisotopic (exact) mass is 412 g/mol. The topological polar surface area (TPSA) is 99.1 Å². The summed E-state index contributed by atoms with van der Waals surface area (Å²) in [5.74, 6) is -1.70. The second-order valence-electron chi connectivity index (χ2n) is 7.70. The Labute approximate surface area is 174 Å². The largest absolute Gasteiger partial charge is 0.497 e. The van der Waals surface area contributed by atoms with Crippen LogP contribution in [0.5, 0.6) is 5.75 Å². The van der Waals surface area contributed by atoms with Crippen LogP contribution in [0.1, 0.15) is 30.6 Å². The number of hydrogen-bond donors (Lipinski definition) is 1. The maximum absolute atomic E-state index is 12.8. The van der Waals surface area contributed by atoms with Crippen molar-refractivity contribution in [1.29, 1.82) is 0 Å². The van der Waals surface area contributed by atoms with E-state index in [1.54, 1.807) is 31.2 Å². The maximum atomic E-state index is 12.8. The maximum Gasteiger partial charge on any atom is 0.338 e. The Kier molecular flexibility index (Phi) is 5.94. The zero-order valence-corrected chi connectivity index (χ0v) is 17.1. The van der Waals surface area contributed by atoms with Crippen molar-refractivity contribution in [1.82, 2.24) is 0 Å². The van der Waals surface area contributed by atoms with Crippen LogP contribution in [0, 0.1) is 5.92 Å². The van der Waals surface area contributed by atoms with Crippen LogP contribution in [0.2, 0.25) is 0 Å². The van der Waals surface area contributed by atoms with Crippen LogP contribution in [-0.4, -0.2) is 47.7 Å². The van der Waals surface area contributed by atoms with Gasteiger partial charge in [0.1, 0.15) is 18.0 Å². The fraction of sp³-hybridized carbons (Fsp3) is 0.348. The molecule has 3 rings (SSSR count). The fourth-order valence-corrected chi connectivity index (χ4v) is 3.55. The summed E-state index contributed by atoms with van der Waals surface area (Å²) < 4.78 is 16.2. The third-order valence-electron chi connectivity index (χ3n) is 5.26. The van der Waals surface area contributed by atoms with Gasteiger partial charge >= 0.3 is 11.9 Å². The Bertz CT molecular complexity index is 937. The molecule has 4 atom stereocenters. The molecule has 7 heteroatoms. The standard InChI is InChI=1S/C23H24O7/c1-13-11-18-20(14(2)21(25)29-18)19(12-23(3,27)10-9-17(13)24)30-22(26)15-5-7-16(28-4)8-6-15/h5-11,18-20,27H,2,12H2,1,3-4H3/b10-9+,13-11-/t18-,19-,20+,23+/m1/s1. The normalized spacial score (nSPS) is 31.8. The van der Waals surface area contributed by atoms with Gasteiger partial charge in [0.15, 0.2) is 5.78 Å². The average Bonchev–Trinajstić information content (AvgIpc) is 2.98. The highest BCUT2D eigenvalue weighted by Gasteiger charge is 2.46. The smallest absolute Gasteiger partial charge is 0.338 e. The SMILES string of the molecule is C=C1C(=O)O[C@@H]2/C=C(/C)C(=O)/C=C/[C@](C)(O)C[C@@H](OC(=O)c3ccc(OC)cc3)[C@@H]12. The van der Waals surface area contributed by atoms with Crippen molar-refractivity contribution in [2.45, 2.75) is 38.1 Å². The van der Waals surface area contributed by atoms with E-state index in [0.29, 0.717) is 11.3 Å². The Morgan fingerprint density at radius 2 is 1.93 bits per heavy atom. The molecular weight excluding hydrogens is 388 g/mol. The molecule has 1 fully saturated rings. The van der Waals surface area contributed by atoms with E-state index in [-0.39, 0.29) is 23.3 Å². The van der Waals surface area contributed by atoms with Crippen molar-refractivity contribution in [3.05, 3.63) is 65.8 Å². The van der Waals surface area contributed by atoms with Gasteiger partial charge in [-0.2, -0.15) is 0 Å². The third-order valence-corrected chi connectivity index (χ3v) is 5.26. The van der Waals surface area contributed by atoms with Crippen LogP contribution in [0.15, 0.2) is 60.2 Å². The van der Waals surface area contributed by atoms with Crippen molar-refractivity contribution < 1.29 is 33.7 Å². The van der Waals surface area contributed by atoms with Crippen molar-refractivity contribution >= 4 is 17.7 Å². The van der Waals surface area contributed by atoms with E-state index in [4.69, 9.17) is 14.2 Å². The van der Waals surface area contributed by atoms with E-state index >= 15 is 0 Å². The second kappa shape index (κ2) is 8.28. The lowest BCUT2D eigenvalue weighted by molar-refractivity contribution is -0.137. The van der Waals surface area contributed by atoms with Gasteiger partial charge in [0.05, 0.1) is 24.2 Å². The van der Waals surface area contributed by atoms with Gasteiger partial charge in [0.2, 0.25) is 0 Å². The lowest BCUT2D eigenvalue weighted by atomic mass is 9.82. The van der Waals surface area contributed by atoms with E-state index < -0.39 is 35.7 Å². The molecule has 0 aromatic heterocycles. The van der Waals surface area contributed by atoms with Crippen molar-refractivity contribution in [3.8, 4) is 5.75 Å². The van der Waals surface area contributed by atoms with Crippen LogP contribution < -0.4 is 4.74 Å². The van der Waals surface area contributed by atoms with Crippen LogP contribution in [0.25, 0.3) is 0 Å². The van der Waals surface area contributed by atoms with Gasteiger partial charge in [0, 0.05) is 12.0 Å². The molecule has 1 heterocycles. The molecule has 1 aliphatic heterocycles. The first-order valence-corrected chi connectivity index (χ1v) is 9.50. The summed E-state index contributed by atoms with van der Waals surface area (Å²) >= 11 is 0. The molecule has 0 radical (unpaired) electrons. The van der Waals surface area contributed by atoms with Crippen molar-refractivity contribution in [2.75, 3.05) is 7.11 Å². The van der Waals surface area contributed by atoms with Crippen LogP contribution in [0.3, 0.4) is 0 Å². The fourth-order valence-electron chi connectivity index (χ4n) is 3.55. The number of ketones is 1. The first-order chi connectivity index (χ1) is 14.1. The Balaban J connectivity index is 1.97. The predicted octanol–water partition coefficient (Wildman–Crippen LogP) is 2.54. The van der Waals surface area contributed by atoms with E-state index in [0.717, 1.165) is 0 Å². The Morgan fingerprint density at radius 3 is 2.57 bits per heavy atom. The molecule has 158 valence electrons. The van der Waals surface area contributed by atoms with E-state index in [1.165, 1.54) is 32.3 Å². The molecule has 1 aromatic carbocycles. The number of fused-ring (bicyclic) bond motifs is 1. The van der Waals surface area contributed by atoms with Gasteiger partial charge in [-0.1, -0.05) is 6.58 Å². The van der Waals surface area contributed by atoms with Gasteiger partial charge < -0.3 is 19.3 Å². The van der Waals surface area contributed by atoms with Crippen molar-refractivity contribution in [3.63, 3.8) is 0 Å². The second-order valence-corrected chi connectivity index (χ2v) is 7.70. The Hall–Kier alpha value is -3.19. The number of rotatable bonds is 3. The van der Waals surface area contributed by atoms with Crippen LogP contribution in [-0.2, 0) is 19.1 Å². The van der Waals surface area contributed by atoms with E-state index in [1.807, 2.05) is 0 Å². The molecule has 7 nitrogen and oxygen atoms in total. The zero-order valence-electron chi connectivity index (χ0n) is 17.1. The number of ether oxygens (including phenoxy) is 3. The average molecular weight is 412 g/mol. The highest BCUT2D eigenvalue weighted by molar-refractivity contribution is 6.03. The zero-order chi connectivity index (χ0) is 22.1. The summed E-state index contributed by atoms with van der Waals surface area (Å²) in [6, 6.07) is 6.38. The van der Waals surface area contributed by atoms with Crippen LogP contribution >= 0.6 is 0 Å². The molecule has 0 spiro atoms. The molecule has 1 aromatic rings. The number of carbonyl (C=O) groups is 3. The van der Waals surface area contributed by atoms with Gasteiger partial charge in [-0.15, -0.1) is 0 Å². The number of hydrogen-bond acceptors (Lipinski definition) is 7. The summed E-state index contributed by atoms with van der Waals surface area (Å²) in [4.78, 5) is 37.2. The van der Waals surface area contributed by atoms with Gasteiger partial charge in [-0.25, -0.2) is 9.59 Å². The molecule has 1 aliphatic carbocycles. The predicted molar refractivity (Wildman–Crippen MR) is 108 cm³/mol. The van der Waals surface area contributed by atoms with Gasteiger partial charge in [-0.3, -0.25) is 4.79 Å². The molecule has 2 aliphatic rings. The van der Waals surface area contributed by atoms with Crippen LogP contribution in [0.4, 0.5) is 0 Å². The summed E-state index contributed by atoms with van der Waals surface area (Å²) in [7, 11) is 1.52. The minimum Gasteiger partial charge on any atom is -0.497 e. The minimum absolute atomic E-state index is 0.0532. The van der Waals surface area contributed by atoms with Gasteiger partial charge in [-0.05, 0) is 61.9 Å². The highest BCUT2D eigenvalue weighted by Crippen LogP contribution is 2.37. The molecule has 0 unspecified atom stereocenters. The summed E-state index contributed by atoms with van der Waals surface area (Å²) in [6.07, 6.45) is 2.36. The summed E-state index contributed by atoms with van der Waals surface area (Å²) in [5, 5.41) is 10.8. The first-order valence-electron chi connectivity index (χ1n) is 9.50. The number of benzene rings is 1. The number of allylic oxidation sites excluding steroid dienone is 2. The molecule has 1 N–H and O–H groups in total. The minimum atomic E-state index is -1.46. The molecule has 0 bridgehead atoms. The highest BCUT2D eigenvalue weighted by atomic mass is 16.6. The number of methoxy groups -OCH3 is 1. The van der Waals surface area contributed by atoms with Gasteiger partial charge in [0.25, 0.3) is 0 Å². The molecular formula is C23H24O7. The Morgan fingerprint density at radius 1 is 1.27 bits per heavy atom. The summed E-state index contributed by atoms with van der Waals surface area (Å²) in [6.45, 7) is 6.89. The number of esters is 2. The molecule has 0 saturated carbocycles. The lowest BCUT2D eigenvalue weighted by Gasteiger charge is -2.31.